The number of anilines is 1. The number of aryl methyl sites for hydroxylation is 1. The fourth-order valence-corrected chi connectivity index (χ4v) is 4.64. The molecule has 1 aromatic carbocycles. The molecule has 0 unspecified atom stereocenters. The minimum Gasteiger partial charge on any atom is -0.357 e. The van der Waals surface area contributed by atoms with Gasteiger partial charge in [-0.2, -0.15) is 0 Å². The first kappa shape index (κ1) is 15.9. The predicted octanol–water partition coefficient (Wildman–Crippen LogP) is 3.40. The van der Waals surface area contributed by atoms with E-state index in [4.69, 9.17) is 0 Å². The summed E-state index contributed by atoms with van der Waals surface area (Å²) in [5, 5.41) is 15.6. The van der Waals surface area contributed by atoms with Gasteiger partial charge in [-0.05, 0) is 43.2 Å². The predicted molar refractivity (Wildman–Crippen MR) is 97.5 cm³/mol. The molecule has 0 spiro atoms. The van der Waals surface area contributed by atoms with Gasteiger partial charge in [0.2, 0.25) is 11.0 Å². The molecule has 126 valence electrons. The number of nitrogens with zero attached hydrogens (tertiary/aromatic N) is 2. The lowest BCUT2D eigenvalue weighted by atomic mass is 9.88. The maximum Gasteiger partial charge on any atom is 0.230 e. The van der Waals surface area contributed by atoms with Crippen molar-refractivity contribution in [3.8, 4) is 0 Å². The highest BCUT2D eigenvalue weighted by molar-refractivity contribution is 8.01. The Hall–Kier alpha value is -1.60. The van der Waals surface area contributed by atoms with Gasteiger partial charge in [0, 0.05) is 6.04 Å². The van der Waals surface area contributed by atoms with Crippen molar-refractivity contribution in [2.24, 2.45) is 0 Å². The molecule has 1 fully saturated rings. The van der Waals surface area contributed by atoms with Crippen LogP contribution in [-0.2, 0) is 11.2 Å². The molecule has 0 saturated heterocycles. The Morgan fingerprint density at radius 3 is 3.00 bits per heavy atom. The molecule has 0 aliphatic heterocycles. The Balaban J connectivity index is 1.30. The van der Waals surface area contributed by atoms with Crippen LogP contribution in [0.2, 0.25) is 0 Å². The van der Waals surface area contributed by atoms with Crippen LogP contribution in [0.25, 0.3) is 0 Å². The summed E-state index contributed by atoms with van der Waals surface area (Å²) in [5.74, 6) is 0.449. The van der Waals surface area contributed by atoms with Gasteiger partial charge in [0.15, 0.2) is 4.34 Å². The van der Waals surface area contributed by atoms with E-state index in [1.54, 1.807) is 0 Å². The summed E-state index contributed by atoms with van der Waals surface area (Å²) < 4.78 is 0.845. The van der Waals surface area contributed by atoms with E-state index >= 15 is 0 Å². The molecule has 2 aromatic rings. The van der Waals surface area contributed by atoms with E-state index in [0.717, 1.165) is 28.7 Å². The quantitative estimate of drug-likeness (QED) is 0.773. The van der Waals surface area contributed by atoms with Crippen LogP contribution in [-0.4, -0.2) is 27.9 Å². The number of amides is 1. The average molecular weight is 361 g/mol. The molecule has 0 bridgehead atoms. The average Bonchev–Trinajstić information content (AvgIpc) is 3.30. The Bertz CT molecular complexity index is 729. The second-order valence-electron chi connectivity index (χ2n) is 6.29. The normalized spacial score (nSPS) is 19.6. The molecule has 1 atom stereocenters. The Morgan fingerprint density at radius 2 is 2.12 bits per heavy atom. The number of aromatic nitrogens is 2. The van der Waals surface area contributed by atoms with E-state index in [0.29, 0.717) is 11.8 Å². The van der Waals surface area contributed by atoms with Crippen molar-refractivity contribution in [2.45, 2.75) is 48.5 Å². The van der Waals surface area contributed by atoms with E-state index in [-0.39, 0.29) is 11.9 Å². The molecule has 1 amide bonds. The molecule has 2 aliphatic carbocycles. The molecule has 0 radical (unpaired) electrons. The van der Waals surface area contributed by atoms with Crippen LogP contribution >= 0.6 is 23.1 Å². The standard InChI is InChI=1S/C17H20N4OS2/c22-15(10-23-17-21-20-16(24-17)18-12-8-9-12)19-14-7-3-5-11-4-1-2-6-13(11)14/h1-2,4,6,12,14H,3,5,7-10H2,(H,18,20)(H,19,22)/t14-/m1/s1. The summed E-state index contributed by atoms with van der Waals surface area (Å²) in [6, 6.07) is 9.13. The first-order valence-electron chi connectivity index (χ1n) is 8.38. The van der Waals surface area contributed by atoms with Crippen molar-refractivity contribution >= 4 is 34.1 Å². The summed E-state index contributed by atoms with van der Waals surface area (Å²) in [6.07, 6.45) is 5.68. The molecule has 5 nitrogen and oxygen atoms in total. The van der Waals surface area contributed by atoms with Crippen LogP contribution in [0.1, 0.15) is 42.9 Å². The molecular weight excluding hydrogens is 340 g/mol. The van der Waals surface area contributed by atoms with E-state index < -0.39 is 0 Å². The second kappa shape index (κ2) is 7.11. The highest BCUT2D eigenvalue weighted by Gasteiger charge is 2.23. The Kier molecular flexibility index (Phi) is 4.71. The number of carbonyl (C=O) groups excluding carboxylic acids is 1. The van der Waals surface area contributed by atoms with Gasteiger partial charge in [0.25, 0.3) is 0 Å². The number of carbonyl (C=O) groups is 1. The van der Waals surface area contributed by atoms with Crippen LogP contribution in [0.3, 0.4) is 0 Å². The summed E-state index contributed by atoms with van der Waals surface area (Å²) in [5.41, 5.74) is 2.63. The number of fused-ring (bicyclic) bond motifs is 1. The fourth-order valence-electron chi connectivity index (χ4n) is 3.00. The smallest absolute Gasteiger partial charge is 0.230 e. The van der Waals surface area contributed by atoms with E-state index in [1.807, 2.05) is 6.07 Å². The summed E-state index contributed by atoms with van der Waals surface area (Å²) >= 11 is 2.99. The fraction of sp³-hybridized carbons (Fsp3) is 0.471. The van der Waals surface area contributed by atoms with Gasteiger partial charge in [-0.1, -0.05) is 47.4 Å². The monoisotopic (exact) mass is 360 g/mol. The van der Waals surface area contributed by atoms with Crippen LogP contribution < -0.4 is 10.6 Å². The van der Waals surface area contributed by atoms with Crippen molar-refractivity contribution in [1.29, 1.82) is 0 Å². The third kappa shape index (κ3) is 3.89. The highest BCUT2D eigenvalue weighted by atomic mass is 32.2. The van der Waals surface area contributed by atoms with E-state index in [2.05, 4.69) is 39.0 Å². The van der Waals surface area contributed by atoms with Gasteiger partial charge in [-0.15, -0.1) is 10.2 Å². The molecule has 4 rings (SSSR count). The molecule has 1 saturated carbocycles. The topological polar surface area (TPSA) is 66.9 Å². The number of benzene rings is 1. The second-order valence-corrected chi connectivity index (χ2v) is 8.49. The first-order valence-corrected chi connectivity index (χ1v) is 10.2. The van der Waals surface area contributed by atoms with Gasteiger partial charge < -0.3 is 10.6 Å². The summed E-state index contributed by atoms with van der Waals surface area (Å²) in [4.78, 5) is 12.3. The molecule has 2 N–H and O–H groups in total. The summed E-state index contributed by atoms with van der Waals surface area (Å²) in [6.45, 7) is 0. The third-order valence-electron chi connectivity index (χ3n) is 4.34. The van der Waals surface area contributed by atoms with Gasteiger partial charge in [-0.25, -0.2) is 0 Å². The third-order valence-corrected chi connectivity index (χ3v) is 6.33. The highest BCUT2D eigenvalue weighted by Crippen LogP contribution is 2.31. The van der Waals surface area contributed by atoms with Crippen LogP contribution in [0.4, 0.5) is 5.13 Å². The van der Waals surface area contributed by atoms with Crippen molar-refractivity contribution in [1.82, 2.24) is 15.5 Å². The van der Waals surface area contributed by atoms with Crippen molar-refractivity contribution in [3.63, 3.8) is 0 Å². The molecular formula is C17H20N4OS2. The van der Waals surface area contributed by atoms with E-state index in [9.17, 15) is 4.79 Å². The molecule has 24 heavy (non-hydrogen) atoms. The molecule has 1 aromatic heterocycles. The van der Waals surface area contributed by atoms with Gasteiger partial charge in [0.1, 0.15) is 0 Å². The Labute approximate surface area is 149 Å². The molecule has 2 aliphatic rings. The number of hydrogen-bond donors (Lipinski definition) is 2. The molecule has 7 heteroatoms. The minimum absolute atomic E-state index is 0.0635. The zero-order valence-electron chi connectivity index (χ0n) is 13.3. The van der Waals surface area contributed by atoms with Crippen molar-refractivity contribution in [3.05, 3.63) is 35.4 Å². The lowest BCUT2D eigenvalue weighted by Crippen LogP contribution is -2.32. The Morgan fingerprint density at radius 1 is 1.25 bits per heavy atom. The number of nitrogens with one attached hydrogen (secondary N) is 2. The van der Waals surface area contributed by atoms with Gasteiger partial charge >= 0.3 is 0 Å². The zero-order valence-corrected chi connectivity index (χ0v) is 15.0. The van der Waals surface area contributed by atoms with Crippen molar-refractivity contribution < 1.29 is 4.79 Å². The maximum absolute atomic E-state index is 12.3. The van der Waals surface area contributed by atoms with E-state index in [1.165, 1.54) is 47.1 Å². The number of hydrogen-bond acceptors (Lipinski definition) is 6. The van der Waals surface area contributed by atoms with Crippen LogP contribution in [0.15, 0.2) is 28.6 Å². The molecule has 1 heterocycles. The van der Waals surface area contributed by atoms with Crippen molar-refractivity contribution in [2.75, 3.05) is 11.1 Å². The number of rotatable bonds is 6. The lowest BCUT2D eigenvalue weighted by molar-refractivity contribution is -0.119. The summed E-state index contributed by atoms with van der Waals surface area (Å²) in [7, 11) is 0. The first-order chi connectivity index (χ1) is 11.8. The zero-order chi connectivity index (χ0) is 16.4. The van der Waals surface area contributed by atoms with Crippen LogP contribution in [0, 0.1) is 0 Å². The SMILES string of the molecule is O=C(CSc1nnc(NC2CC2)s1)N[C@@H]1CCCc2ccccc21. The number of thioether (sulfide) groups is 1. The maximum atomic E-state index is 12.3. The van der Waals surface area contributed by atoms with Crippen LogP contribution in [0.5, 0.6) is 0 Å². The lowest BCUT2D eigenvalue weighted by Gasteiger charge is -2.26. The largest absolute Gasteiger partial charge is 0.357 e. The van der Waals surface area contributed by atoms with Gasteiger partial charge in [0.05, 0.1) is 11.8 Å². The minimum atomic E-state index is 0.0635. The van der Waals surface area contributed by atoms with Gasteiger partial charge in [-0.3, -0.25) is 4.79 Å².